The Morgan fingerprint density at radius 1 is 1.19 bits per heavy atom. The summed E-state index contributed by atoms with van der Waals surface area (Å²) in [5.74, 6) is -1.26. The molecule has 0 radical (unpaired) electrons. The average Bonchev–Trinajstić information content (AvgIpc) is 2.41. The van der Waals surface area contributed by atoms with E-state index in [9.17, 15) is 20.0 Å². The number of allylic oxidation sites excluding steroid dienone is 1. The zero-order valence-electron chi connectivity index (χ0n) is 8.77. The van der Waals surface area contributed by atoms with Crippen LogP contribution in [0.2, 0.25) is 0 Å². The molecule has 1 aromatic carbocycles. The van der Waals surface area contributed by atoms with E-state index in [2.05, 4.69) is 0 Å². The molecule has 0 amide bonds. The lowest BCUT2D eigenvalue weighted by Gasteiger charge is -2.03. The molecular weight excluding hydrogens is 210 g/mol. The van der Waals surface area contributed by atoms with Crippen molar-refractivity contribution in [2.75, 3.05) is 0 Å². The summed E-state index contributed by atoms with van der Waals surface area (Å²) in [4.78, 5) is 21.4. The van der Waals surface area contributed by atoms with Gasteiger partial charge in [0.15, 0.2) is 0 Å². The lowest BCUT2D eigenvalue weighted by Crippen LogP contribution is -2.08. The monoisotopic (exact) mass is 219 g/mol. The molecule has 5 nitrogen and oxygen atoms in total. The molecule has 0 atom stereocenters. The largest absolute Gasteiger partial charge is 0.502 e. The molecule has 16 heavy (non-hydrogen) atoms. The Kier molecular flexibility index (Phi) is 2.05. The molecule has 5 heteroatoms. The number of aliphatic hydroxyl groups excluding tert-OH is 1. The summed E-state index contributed by atoms with van der Waals surface area (Å²) < 4.78 is 0. The van der Waals surface area contributed by atoms with Crippen LogP contribution in [0.1, 0.15) is 27.0 Å². The van der Waals surface area contributed by atoms with Gasteiger partial charge < -0.3 is 5.11 Å². The maximum absolute atomic E-state index is 11.7. The Morgan fingerprint density at radius 3 is 2.19 bits per heavy atom. The van der Waals surface area contributed by atoms with E-state index in [1.165, 1.54) is 0 Å². The molecule has 82 valence electrons. The molecular formula is C11H9NO4. The molecule has 0 aliphatic heterocycles. The molecule has 0 aromatic heterocycles. The number of aryl methyl sites for hydroxylation is 2. The molecule has 0 saturated heterocycles. The first-order valence-corrected chi connectivity index (χ1v) is 4.67. The quantitative estimate of drug-likeness (QED) is 0.578. The Morgan fingerprint density at radius 2 is 1.69 bits per heavy atom. The molecule has 1 aliphatic carbocycles. The Bertz CT molecular complexity index is 557. The van der Waals surface area contributed by atoms with E-state index in [0.29, 0.717) is 0 Å². The first kappa shape index (κ1) is 10.4. The summed E-state index contributed by atoms with van der Waals surface area (Å²) in [6, 6.07) is 3.16. The highest BCUT2D eigenvalue weighted by atomic mass is 16.6. The van der Waals surface area contributed by atoms with E-state index < -0.39 is 22.2 Å². The number of hydrogen-bond donors (Lipinski definition) is 1. The van der Waals surface area contributed by atoms with Gasteiger partial charge in [-0.05, 0) is 37.1 Å². The van der Waals surface area contributed by atoms with Crippen LogP contribution in [0.3, 0.4) is 0 Å². The SMILES string of the molecule is Cc1cc2c(cc1C)C(O)=C([N+](=O)[O-])C2=O. The van der Waals surface area contributed by atoms with Gasteiger partial charge in [-0.15, -0.1) is 0 Å². The molecule has 1 aromatic rings. The standard InChI is InChI=1S/C11H9NO4/c1-5-3-7-8(4-6(5)2)11(14)9(10(7)13)12(15)16/h3-4,13H,1-2H3. The molecule has 1 aliphatic rings. The topological polar surface area (TPSA) is 80.4 Å². The predicted molar refractivity (Wildman–Crippen MR) is 56.8 cm³/mol. The van der Waals surface area contributed by atoms with Gasteiger partial charge in [0.2, 0.25) is 5.76 Å². The van der Waals surface area contributed by atoms with Crippen LogP contribution < -0.4 is 0 Å². The number of hydrogen-bond acceptors (Lipinski definition) is 4. The van der Waals surface area contributed by atoms with Crippen LogP contribution in [0.4, 0.5) is 0 Å². The summed E-state index contributed by atoms with van der Waals surface area (Å²) in [6.07, 6.45) is 0. The highest BCUT2D eigenvalue weighted by Crippen LogP contribution is 2.32. The number of nitro groups is 1. The second kappa shape index (κ2) is 3.16. The Balaban J connectivity index is 2.72. The van der Waals surface area contributed by atoms with Gasteiger partial charge in [-0.1, -0.05) is 0 Å². The number of ketones is 1. The van der Waals surface area contributed by atoms with Crippen molar-refractivity contribution in [1.82, 2.24) is 0 Å². The summed E-state index contributed by atoms with van der Waals surface area (Å²) >= 11 is 0. The van der Waals surface area contributed by atoms with Crippen molar-refractivity contribution in [2.45, 2.75) is 13.8 Å². The van der Waals surface area contributed by atoms with Gasteiger partial charge in [-0.25, -0.2) is 0 Å². The molecule has 0 heterocycles. The van der Waals surface area contributed by atoms with E-state index in [1.54, 1.807) is 12.1 Å². The third-order valence-corrected chi connectivity index (χ3v) is 2.76. The number of rotatable bonds is 1. The highest BCUT2D eigenvalue weighted by molar-refractivity contribution is 6.18. The number of carbonyl (C=O) groups is 1. The Hall–Kier alpha value is -2.17. The van der Waals surface area contributed by atoms with Crippen LogP contribution in [0.25, 0.3) is 5.76 Å². The number of Topliss-reactive ketones (excluding diaryl/α,β-unsaturated/α-hetero) is 1. The van der Waals surface area contributed by atoms with Crippen molar-refractivity contribution in [1.29, 1.82) is 0 Å². The molecule has 2 rings (SSSR count). The minimum Gasteiger partial charge on any atom is -0.502 e. The van der Waals surface area contributed by atoms with Crippen LogP contribution in [0.5, 0.6) is 0 Å². The van der Waals surface area contributed by atoms with Crippen molar-refractivity contribution < 1.29 is 14.8 Å². The van der Waals surface area contributed by atoms with Crippen LogP contribution in [-0.4, -0.2) is 15.8 Å². The first-order chi connectivity index (χ1) is 7.43. The van der Waals surface area contributed by atoms with Gasteiger partial charge >= 0.3 is 5.70 Å². The Labute approximate surface area is 91.2 Å². The second-order valence-corrected chi connectivity index (χ2v) is 3.77. The lowest BCUT2D eigenvalue weighted by molar-refractivity contribution is -0.416. The van der Waals surface area contributed by atoms with Gasteiger partial charge in [0, 0.05) is 11.1 Å². The third-order valence-electron chi connectivity index (χ3n) is 2.76. The smallest absolute Gasteiger partial charge is 0.358 e. The van der Waals surface area contributed by atoms with Gasteiger partial charge in [-0.2, -0.15) is 0 Å². The fourth-order valence-corrected chi connectivity index (χ4v) is 1.73. The summed E-state index contributed by atoms with van der Waals surface area (Å²) in [5.41, 5.74) is 1.46. The van der Waals surface area contributed by atoms with Gasteiger partial charge in [0.1, 0.15) is 0 Å². The zero-order valence-corrected chi connectivity index (χ0v) is 8.77. The van der Waals surface area contributed by atoms with Crippen LogP contribution in [0, 0.1) is 24.0 Å². The predicted octanol–water partition coefficient (Wildman–Crippen LogP) is 2.00. The minimum atomic E-state index is -0.845. The van der Waals surface area contributed by atoms with E-state index >= 15 is 0 Å². The van der Waals surface area contributed by atoms with E-state index in [0.717, 1.165) is 11.1 Å². The van der Waals surface area contributed by atoms with E-state index in [1.807, 2.05) is 13.8 Å². The second-order valence-electron chi connectivity index (χ2n) is 3.77. The van der Waals surface area contributed by atoms with Crippen LogP contribution >= 0.6 is 0 Å². The normalized spacial score (nSPS) is 14.2. The number of carbonyl (C=O) groups excluding carboxylic acids is 1. The minimum absolute atomic E-state index is 0.201. The number of nitrogens with zero attached hydrogens (tertiary/aromatic N) is 1. The highest BCUT2D eigenvalue weighted by Gasteiger charge is 2.39. The number of aliphatic hydroxyl groups is 1. The van der Waals surface area contributed by atoms with Gasteiger partial charge in [0.05, 0.1) is 4.92 Å². The number of benzene rings is 1. The van der Waals surface area contributed by atoms with Crippen molar-refractivity contribution in [3.8, 4) is 0 Å². The van der Waals surface area contributed by atoms with Crippen molar-refractivity contribution in [2.24, 2.45) is 0 Å². The maximum Gasteiger partial charge on any atom is 0.358 e. The lowest BCUT2D eigenvalue weighted by atomic mass is 10.0. The van der Waals surface area contributed by atoms with E-state index in [4.69, 9.17) is 0 Å². The molecule has 0 unspecified atom stereocenters. The maximum atomic E-state index is 11.7. The molecule has 1 N–H and O–H groups in total. The first-order valence-electron chi connectivity index (χ1n) is 4.67. The average molecular weight is 219 g/mol. The van der Waals surface area contributed by atoms with E-state index in [-0.39, 0.29) is 11.1 Å². The molecule has 0 fully saturated rings. The van der Waals surface area contributed by atoms with Crippen molar-refractivity contribution >= 4 is 11.5 Å². The fraction of sp³-hybridized carbons (Fsp3) is 0.182. The summed E-state index contributed by atoms with van der Waals surface area (Å²) in [5, 5.41) is 20.2. The third kappa shape index (κ3) is 1.21. The van der Waals surface area contributed by atoms with Crippen LogP contribution in [0.15, 0.2) is 17.8 Å². The summed E-state index contributed by atoms with van der Waals surface area (Å²) in [7, 11) is 0. The van der Waals surface area contributed by atoms with Crippen molar-refractivity contribution in [3.63, 3.8) is 0 Å². The van der Waals surface area contributed by atoms with Crippen LogP contribution in [-0.2, 0) is 0 Å². The van der Waals surface area contributed by atoms with Crippen molar-refractivity contribution in [3.05, 3.63) is 50.2 Å². The molecule has 0 spiro atoms. The molecule has 0 saturated carbocycles. The van der Waals surface area contributed by atoms with Gasteiger partial charge in [-0.3, -0.25) is 14.9 Å². The zero-order chi connectivity index (χ0) is 12.0. The fourth-order valence-electron chi connectivity index (χ4n) is 1.73. The summed E-state index contributed by atoms with van der Waals surface area (Å²) in [6.45, 7) is 3.63. The van der Waals surface area contributed by atoms with Gasteiger partial charge in [0.25, 0.3) is 5.78 Å². The molecule has 0 bridgehead atoms. The number of fused-ring (bicyclic) bond motifs is 1.